The molecule has 0 saturated heterocycles. The van der Waals surface area contributed by atoms with Crippen molar-refractivity contribution < 1.29 is 0 Å². The smallest absolute Gasteiger partial charge is 0.0410 e. The van der Waals surface area contributed by atoms with Gasteiger partial charge in [0.2, 0.25) is 0 Å². The quantitative estimate of drug-likeness (QED) is 0.728. The van der Waals surface area contributed by atoms with Crippen molar-refractivity contribution in [1.29, 1.82) is 0 Å². The van der Waals surface area contributed by atoms with Gasteiger partial charge in [-0.15, -0.1) is 0 Å². The lowest BCUT2D eigenvalue weighted by Gasteiger charge is -2.23. The van der Waals surface area contributed by atoms with E-state index in [2.05, 4.69) is 88.2 Å². The van der Waals surface area contributed by atoms with Crippen molar-refractivity contribution in [3.63, 3.8) is 0 Å². The van der Waals surface area contributed by atoms with Crippen LogP contribution >= 0.6 is 0 Å². The molecule has 0 amide bonds. The maximum Gasteiger partial charge on any atom is 0.0410 e. The standard InChI is InChI=1S/C19H25N/c1-6-15-8-7-9-18(14-15)20(5)17-12-10-16(11-13-17)19(2,3)4/h7-14H,6H2,1-5H3. The molecule has 0 aliphatic heterocycles. The van der Waals surface area contributed by atoms with Crippen LogP contribution in [0, 0.1) is 0 Å². The first kappa shape index (κ1) is 14.6. The number of anilines is 2. The number of nitrogens with zero attached hydrogens (tertiary/aromatic N) is 1. The summed E-state index contributed by atoms with van der Waals surface area (Å²) in [5.74, 6) is 0. The van der Waals surface area contributed by atoms with E-state index in [4.69, 9.17) is 0 Å². The number of hydrogen-bond acceptors (Lipinski definition) is 1. The average molecular weight is 267 g/mol. The summed E-state index contributed by atoms with van der Waals surface area (Å²) in [6.45, 7) is 8.93. The molecule has 0 aromatic heterocycles. The van der Waals surface area contributed by atoms with Crippen molar-refractivity contribution >= 4 is 11.4 Å². The fourth-order valence-corrected chi connectivity index (χ4v) is 2.32. The van der Waals surface area contributed by atoms with Crippen LogP contribution in [0.25, 0.3) is 0 Å². The van der Waals surface area contributed by atoms with Crippen LogP contribution in [0.4, 0.5) is 11.4 Å². The minimum absolute atomic E-state index is 0.208. The Balaban J connectivity index is 2.26. The van der Waals surface area contributed by atoms with Gasteiger partial charge in [-0.25, -0.2) is 0 Å². The fraction of sp³-hybridized carbons (Fsp3) is 0.368. The molecule has 0 aliphatic rings. The molecule has 1 heteroatoms. The summed E-state index contributed by atoms with van der Waals surface area (Å²) in [5, 5.41) is 0. The summed E-state index contributed by atoms with van der Waals surface area (Å²) in [6, 6.07) is 17.6. The zero-order chi connectivity index (χ0) is 14.8. The first-order valence-electron chi connectivity index (χ1n) is 7.35. The van der Waals surface area contributed by atoms with Crippen LogP contribution in [-0.4, -0.2) is 7.05 Å². The lowest BCUT2D eigenvalue weighted by atomic mass is 9.87. The van der Waals surface area contributed by atoms with Gasteiger partial charge < -0.3 is 4.90 Å². The van der Waals surface area contributed by atoms with E-state index in [1.54, 1.807) is 0 Å². The molecule has 0 N–H and O–H groups in total. The third-order valence-electron chi connectivity index (χ3n) is 3.83. The Hall–Kier alpha value is -1.76. The van der Waals surface area contributed by atoms with Gasteiger partial charge in [-0.05, 0) is 47.2 Å². The molecule has 2 aromatic carbocycles. The minimum atomic E-state index is 0.208. The lowest BCUT2D eigenvalue weighted by molar-refractivity contribution is 0.590. The largest absolute Gasteiger partial charge is 0.345 e. The highest BCUT2D eigenvalue weighted by Crippen LogP contribution is 2.28. The molecule has 1 nitrogen and oxygen atoms in total. The summed E-state index contributed by atoms with van der Waals surface area (Å²) in [6.07, 6.45) is 1.07. The molecule has 106 valence electrons. The Morgan fingerprint density at radius 2 is 1.55 bits per heavy atom. The van der Waals surface area contributed by atoms with E-state index >= 15 is 0 Å². The van der Waals surface area contributed by atoms with Gasteiger partial charge >= 0.3 is 0 Å². The summed E-state index contributed by atoms with van der Waals surface area (Å²) in [7, 11) is 2.13. The van der Waals surface area contributed by atoms with E-state index in [-0.39, 0.29) is 5.41 Å². The monoisotopic (exact) mass is 267 g/mol. The van der Waals surface area contributed by atoms with E-state index in [0.29, 0.717) is 0 Å². The third-order valence-corrected chi connectivity index (χ3v) is 3.83. The Labute approximate surface area is 123 Å². The molecular weight excluding hydrogens is 242 g/mol. The summed E-state index contributed by atoms with van der Waals surface area (Å²) >= 11 is 0. The molecular formula is C19H25N. The molecule has 0 unspecified atom stereocenters. The zero-order valence-electron chi connectivity index (χ0n) is 13.3. The molecule has 2 rings (SSSR count). The molecule has 0 aliphatic carbocycles. The van der Waals surface area contributed by atoms with Crippen molar-refractivity contribution in [3.05, 3.63) is 59.7 Å². The predicted octanol–water partition coefficient (Wildman–Crippen LogP) is 5.31. The van der Waals surface area contributed by atoms with Gasteiger partial charge in [0.05, 0.1) is 0 Å². The summed E-state index contributed by atoms with van der Waals surface area (Å²) in [4.78, 5) is 2.24. The molecule has 0 atom stereocenters. The van der Waals surface area contributed by atoms with Crippen molar-refractivity contribution in [2.24, 2.45) is 0 Å². The van der Waals surface area contributed by atoms with Crippen LogP contribution in [-0.2, 0) is 11.8 Å². The number of benzene rings is 2. The van der Waals surface area contributed by atoms with Crippen LogP contribution in [0.5, 0.6) is 0 Å². The number of aryl methyl sites for hydroxylation is 1. The van der Waals surface area contributed by atoms with Gasteiger partial charge in [0.15, 0.2) is 0 Å². The summed E-state index contributed by atoms with van der Waals surface area (Å²) < 4.78 is 0. The van der Waals surface area contributed by atoms with E-state index < -0.39 is 0 Å². The molecule has 0 fully saturated rings. The normalized spacial score (nSPS) is 11.4. The molecule has 0 radical (unpaired) electrons. The zero-order valence-corrected chi connectivity index (χ0v) is 13.3. The van der Waals surface area contributed by atoms with Crippen LogP contribution in [0.2, 0.25) is 0 Å². The van der Waals surface area contributed by atoms with Crippen LogP contribution in [0.3, 0.4) is 0 Å². The average Bonchev–Trinajstić information content (AvgIpc) is 2.46. The second kappa shape index (κ2) is 5.70. The van der Waals surface area contributed by atoms with Gasteiger partial charge in [-0.3, -0.25) is 0 Å². The highest BCUT2D eigenvalue weighted by Gasteiger charge is 2.13. The van der Waals surface area contributed by atoms with E-state index in [0.717, 1.165) is 6.42 Å². The predicted molar refractivity (Wildman–Crippen MR) is 89.0 cm³/mol. The maximum atomic E-state index is 2.26. The van der Waals surface area contributed by atoms with Gasteiger partial charge in [0, 0.05) is 18.4 Å². The van der Waals surface area contributed by atoms with Crippen LogP contribution in [0.1, 0.15) is 38.8 Å². The summed E-state index contributed by atoms with van der Waals surface area (Å²) in [5.41, 5.74) is 5.43. The lowest BCUT2D eigenvalue weighted by Crippen LogP contribution is -2.13. The number of hydrogen-bond donors (Lipinski definition) is 0. The molecule has 0 saturated carbocycles. The van der Waals surface area contributed by atoms with Gasteiger partial charge in [-0.1, -0.05) is 52.0 Å². The molecule has 0 bridgehead atoms. The maximum absolute atomic E-state index is 2.26. The van der Waals surface area contributed by atoms with E-state index in [1.165, 1.54) is 22.5 Å². The fourth-order valence-electron chi connectivity index (χ4n) is 2.32. The third kappa shape index (κ3) is 3.22. The molecule has 2 aromatic rings. The van der Waals surface area contributed by atoms with Gasteiger partial charge in [0.25, 0.3) is 0 Å². The van der Waals surface area contributed by atoms with Crippen molar-refractivity contribution in [2.75, 3.05) is 11.9 Å². The molecule has 0 spiro atoms. The van der Waals surface area contributed by atoms with E-state index in [1.807, 2.05) is 0 Å². The van der Waals surface area contributed by atoms with Crippen molar-refractivity contribution in [3.8, 4) is 0 Å². The van der Waals surface area contributed by atoms with E-state index in [9.17, 15) is 0 Å². The molecule has 20 heavy (non-hydrogen) atoms. The number of rotatable bonds is 3. The highest BCUT2D eigenvalue weighted by atomic mass is 15.1. The van der Waals surface area contributed by atoms with Crippen molar-refractivity contribution in [1.82, 2.24) is 0 Å². The van der Waals surface area contributed by atoms with Crippen LogP contribution in [0.15, 0.2) is 48.5 Å². The highest BCUT2D eigenvalue weighted by molar-refractivity contribution is 5.63. The Bertz CT molecular complexity index is 561. The minimum Gasteiger partial charge on any atom is -0.345 e. The second-order valence-corrected chi connectivity index (χ2v) is 6.38. The first-order chi connectivity index (χ1) is 9.41. The Morgan fingerprint density at radius 3 is 2.10 bits per heavy atom. The Kier molecular flexibility index (Phi) is 4.17. The first-order valence-corrected chi connectivity index (χ1v) is 7.35. The van der Waals surface area contributed by atoms with Gasteiger partial charge in [-0.2, -0.15) is 0 Å². The Morgan fingerprint density at radius 1 is 0.900 bits per heavy atom. The second-order valence-electron chi connectivity index (χ2n) is 6.38. The SMILES string of the molecule is CCc1cccc(N(C)c2ccc(C(C)(C)C)cc2)c1. The van der Waals surface area contributed by atoms with Crippen LogP contribution < -0.4 is 4.90 Å². The van der Waals surface area contributed by atoms with Gasteiger partial charge in [0.1, 0.15) is 0 Å². The topological polar surface area (TPSA) is 3.24 Å². The molecule has 0 heterocycles. The van der Waals surface area contributed by atoms with Crippen molar-refractivity contribution in [2.45, 2.75) is 39.5 Å².